The number of aliphatic hydroxyl groups is 2. The lowest BCUT2D eigenvalue weighted by molar-refractivity contribution is -0.165. The number of carboxylic acids is 2. The molecule has 1 aliphatic heterocycles. The monoisotopic (exact) mass is 522 g/mol. The molecular formula is C22H27FN6O8. The minimum atomic E-state index is -2.27. The molecule has 1 aromatic carbocycles. The lowest BCUT2D eigenvalue weighted by atomic mass is 10.1. The zero-order valence-corrected chi connectivity index (χ0v) is 19.5. The standard InChI is InChI=1S/C18H21FN6O2.C4H6O6/c19-16-13(12-27-18(26)23-17(20)21)3-1-5-15(16)25-9-7-24(8-10-25)14-4-2-6-22-11-14;5-1(3(7)8)2(6)4(9)10/h1-6,11H,7-10,12H2,(H4,20,21,23,26);1-2,5-6H,(H,7,8)(H,9,10)/t;1-,2-/m.1/s1. The number of piperazine rings is 1. The van der Waals surface area contributed by atoms with Gasteiger partial charge in [-0.05, 0) is 18.2 Å². The number of nitrogens with two attached hydrogens (primary N) is 2. The van der Waals surface area contributed by atoms with Gasteiger partial charge in [0.05, 0.1) is 17.6 Å². The second-order valence-corrected chi connectivity index (χ2v) is 7.59. The zero-order valence-electron chi connectivity index (χ0n) is 19.5. The fourth-order valence-electron chi connectivity index (χ4n) is 3.22. The summed E-state index contributed by atoms with van der Waals surface area (Å²) in [5.41, 5.74) is 12.0. The molecule has 0 radical (unpaired) electrons. The Labute approximate surface area is 210 Å². The van der Waals surface area contributed by atoms with Gasteiger partial charge in [0.25, 0.3) is 0 Å². The molecule has 0 unspecified atom stereocenters. The number of aliphatic imine (C=N–C) groups is 1. The SMILES string of the molecule is NC(N)=NC(=O)OCc1cccc(N2CCN(c3cccnc3)CC2)c1F.O=C(O)[C@H](O)[C@@H](O)C(=O)O. The molecule has 1 aromatic heterocycles. The minimum absolute atomic E-state index is 0.245. The molecule has 0 saturated carbocycles. The van der Waals surface area contributed by atoms with Gasteiger partial charge in [0, 0.05) is 37.9 Å². The van der Waals surface area contributed by atoms with Crippen LogP contribution in [-0.2, 0) is 20.9 Å². The van der Waals surface area contributed by atoms with Crippen molar-refractivity contribution < 1.29 is 43.9 Å². The first-order chi connectivity index (χ1) is 17.5. The molecule has 2 heterocycles. The fourth-order valence-corrected chi connectivity index (χ4v) is 3.22. The molecule has 0 bridgehead atoms. The highest BCUT2D eigenvalue weighted by Crippen LogP contribution is 2.25. The predicted octanol–water partition coefficient (Wildman–Crippen LogP) is -0.665. The number of nitrogens with zero attached hydrogens (tertiary/aromatic N) is 4. The van der Waals surface area contributed by atoms with Crippen molar-refractivity contribution >= 4 is 35.4 Å². The highest BCUT2D eigenvalue weighted by atomic mass is 19.1. The Kier molecular flexibility index (Phi) is 10.5. The number of rotatable bonds is 7. The van der Waals surface area contributed by atoms with Crippen molar-refractivity contribution in [1.82, 2.24) is 4.98 Å². The fraction of sp³-hybridized carbons (Fsp3) is 0.318. The van der Waals surface area contributed by atoms with E-state index in [0.29, 0.717) is 18.8 Å². The van der Waals surface area contributed by atoms with E-state index in [1.807, 2.05) is 23.2 Å². The highest BCUT2D eigenvalue weighted by Gasteiger charge is 2.29. The van der Waals surface area contributed by atoms with E-state index in [9.17, 15) is 18.8 Å². The number of carboxylic acid groups (broad SMARTS) is 2. The third-order valence-corrected chi connectivity index (χ3v) is 5.07. The first kappa shape index (κ1) is 28.7. The lowest BCUT2D eigenvalue weighted by Crippen LogP contribution is -2.46. The number of halogens is 1. The van der Waals surface area contributed by atoms with Gasteiger partial charge in [0.2, 0.25) is 0 Å². The van der Waals surface area contributed by atoms with Crippen LogP contribution in [0.1, 0.15) is 5.56 Å². The van der Waals surface area contributed by atoms with Gasteiger partial charge in [-0.3, -0.25) is 4.98 Å². The number of benzene rings is 1. The average molecular weight is 522 g/mol. The molecule has 15 heteroatoms. The normalized spacial score (nSPS) is 14.5. The quantitative estimate of drug-likeness (QED) is 0.196. The number of hydrogen-bond acceptors (Lipinski definition) is 9. The molecule has 3 rings (SSSR count). The number of carbonyl (C=O) groups is 3. The van der Waals surface area contributed by atoms with E-state index in [2.05, 4.69) is 14.9 Å². The summed E-state index contributed by atoms with van der Waals surface area (Å²) in [7, 11) is 0. The van der Waals surface area contributed by atoms with Gasteiger partial charge in [-0.2, -0.15) is 0 Å². The topological polar surface area (TPSA) is 225 Å². The van der Waals surface area contributed by atoms with Crippen molar-refractivity contribution in [3.63, 3.8) is 0 Å². The molecule has 1 saturated heterocycles. The molecule has 1 aliphatic rings. The van der Waals surface area contributed by atoms with Crippen LogP contribution < -0.4 is 21.3 Å². The highest BCUT2D eigenvalue weighted by molar-refractivity contribution is 5.87. The second kappa shape index (κ2) is 13.6. The van der Waals surface area contributed by atoms with Gasteiger partial charge in [0.1, 0.15) is 6.61 Å². The molecule has 37 heavy (non-hydrogen) atoms. The maximum absolute atomic E-state index is 14.8. The van der Waals surface area contributed by atoms with Crippen molar-refractivity contribution in [2.45, 2.75) is 18.8 Å². The predicted molar refractivity (Wildman–Crippen MR) is 128 cm³/mol. The Hall–Kier alpha value is -4.50. The van der Waals surface area contributed by atoms with Crippen molar-refractivity contribution in [2.24, 2.45) is 16.5 Å². The van der Waals surface area contributed by atoms with Crippen LogP contribution in [0.4, 0.5) is 20.6 Å². The number of aliphatic hydroxyl groups excluding tert-OH is 2. The maximum atomic E-state index is 14.8. The molecular weight excluding hydrogens is 495 g/mol. The average Bonchev–Trinajstić information content (AvgIpc) is 2.87. The van der Waals surface area contributed by atoms with Crippen molar-refractivity contribution in [3.8, 4) is 0 Å². The number of amides is 1. The summed E-state index contributed by atoms with van der Waals surface area (Å²) in [6, 6.07) is 8.92. The smallest absolute Gasteiger partial charge is 0.437 e. The van der Waals surface area contributed by atoms with Gasteiger partial charge < -0.3 is 46.4 Å². The van der Waals surface area contributed by atoms with Gasteiger partial charge in [-0.1, -0.05) is 12.1 Å². The van der Waals surface area contributed by atoms with E-state index in [4.69, 9.17) is 36.6 Å². The van der Waals surface area contributed by atoms with E-state index in [1.165, 1.54) is 0 Å². The maximum Gasteiger partial charge on any atom is 0.437 e. The number of hydrogen-bond donors (Lipinski definition) is 6. The van der Waals surface area contributed by atoms with Crippen LogP contribution in [0.3, 0.4) is 0 Å². The largest absolute Gasteiger partial charge is 0.479 e. The van der Waals surface area contributed by atoms with Gasteiger partial charge >= 0.3 is 18.0 Å². The van der Waals surface area contributed by atoms with Gasteiger partial charge in [-0.25, -0.2) is 18.8 Å². The van der Waals surface area contributed by atoms with Crippen molar-refractivity contribution in [3.05, 3.63) is 54.1 Å². The molecule has 0 spiro atoms. The number of aliphatic carboxylic acids is 2. The minimum Gasteiger partial charge on any atom is -0.479 e. The molecule has 0 aliphatic carbocycles. The first-order valence-corrected chi connectivity index (χ1v) is 10.8. The number of ether oxygens (including phenoxy) is 1. The van der Waals surface area contributed by atoms with Crippen LogP contribution in [-0.4, -0.2) is 87.8 Å². The third-order valence-electron chi connectivity index (χ3n) is 5.07. The summed E-state index contributed by atoms with van der Waals surface area (Å²) < 4.78 is 19.7. The molecule has 2 atom stereocenters. The van der Waals surface area contributed by atoms with E-state index in [-0.39, 0.29) is 12.2 Å². The Balaban J connectivity index is 0.000000410. The molecule has 200 valence electrons. The second-order valence-electron chi connectivity index (χ2n) is 7.59. The lowest BCUT2D eigenvalue weighted by Gasteiger charge is -2.37. The summed E-state index contributed by atoms with van der Waals surface area (Å²) in [6.07, 6.45) is -1.93. The van der Waals surface area contributed by atoms with Crippen LogP contribution in [0, 0.1) is 5.82 Å². The van der Waals surface area contributed by atoms with E-state index < -0.39 is 42.0 Å². The summed E-state index contributed by atoms with van der Waals surface area (Å²) in [5, 5.41) is 32.5. The Morgan fingerprint density at radius 2 is 1.59 bits per heavy atom. The number of pyridine rings is 1. The van der Waals surface area contributed by atoms with Crippen LogP contribution in [0.5, 0.6) is 0 Å². The number of guanidine groups is 1. The van der Waals surface area contributed by atoms with E-state index in [1.54, 1.807) is 24.4 Å². The number of anilines is 2. The summed E-state index contributed by atoms with van der Waals surface area (Å²) in [5.74, 6) is -4.35. The van der Waals surface area contributed by atoms with Gasteiger partial charge in [-0.15, -0.1) is 4.99 Å². The molecule has 1 amide bonds. The zero-order chi connectivity index (χ0) is 27.5. The van der Waals surface area contributed by atoms with Gasteiger partial charge in [0.15, 0.2) is 24.0 Å². The Morgan fingerprint density at radius 3 is 2.11 bits per heavy atom. The summed E-state index contributed by atoms with van der Waals surface area (Å²) >= 11 is 0. The number of aromatic nitrogens is 1. The Bertz CT molecular complexity index is 1090. The Morgan fingerprint density at radius 1 is 1.00 bits per heavy atom. The molecule has 2 aromatic rings. The van der Waals surface area contributed by atoms with Crippen LogP contribution in [0.15, 0.2) is 47.7 Å². The van der Waals surface area contributed by atoms with Crippen molar-refractivity contribution in [2.75, 3.05) is 36.0 Å². The number of carbonyl (C=O) groups excluding carboxylic acids is 1. The first-order valence-electron chi connectivity index (χ1n) is 10.8. The van der Waals surface area contributed by atoms with E-state index >= 15 is 0 Å². The third kappa shape index (κ3) is 8.59. The molecule has 1 fully saturated rings. The van der Waals surface area contributed by atoms with Crippen LogP contribution >= 0.6 is 0 Å². The summed E-state index contributed by atoms with van der Waals surface area (Å²) in [6.45, 7) is 2.61. The molecule has 8 N–H and O–H groups in total. The van der Waals surface area contributed by atoms with Crippen LogP contribution in [0.2, 0.25) is 0 Å². The van der Waals surface area contributed by atoms with Crippen molar-refractivity contribution in [1.29, 1.82) is 0 Å². The molecule has 14 nitrogen and oxygen atoms in total. The van der Waals surface area contributed by atoms with Crippen LogP contribution in [0.25, 0.3) is 0 Å². The summed E-state index contributed by atoms with van der Waals surface area (Å²) in [4.78, 5) is 42.5. The van der Waals surface area contributed by atoms with E-state index in [0.717, 1.165) is 18.8 Å².